The molecule has 0 aromatic heterocycles. The van der Waals surface area contributed by atoms with Crippen molar-refractivity contribution in [1.29, 1.82) is 0 Å². The van der Waals surface area contributed by atoms with Gasteiger partial charge in [0, 0.05) is 19.9 Å². The number of carbonyl (C=O) groups is 1. The monoisotopic (exact) mass is 554 g/mol. The molecule has 1 saturated carbocycles. The third-order valence-electron chi connectivity index (χ3n) is 7.22. The van der Waals surface area contributed by atoms with E-state index in [1.54, 1.807) is 0 Å². The van der Waals surface area contributed by atoms with Crippen molar-refractivity contribution in [3.8, 4) is 0 Å². The standard InChI is InChI=1S/C30H20Br2O/c31-24-15-11-21(12-16-24)27-26(20-7-3-1-4-8-20)28(33)30(22-9-5-2-6-10-22)19-29(27,30)23-13-17-25(32)18-14-23/h1-18H,19H2/t29-,30-/m1/s1. The van der Waals surface area contributed by atoms with E-state index in [4.69, 9.17) is 0 Å². The molecule has 0 aliphatic heterocycles. The van der Waals surface area contributed by atoms with Gasteiger partial charge in [-0.05, 0) is 58.5 Å². The number of fused-ring (bicyclic) bond motifs is 1. The van der Waals surface area contributed by atoms with Gasteiger partial charge in [0.15, 0.2) is 5.78 Å². The lowest BCUT2D eigenvalue weighted by Crippen LogP contribution is -2.25. The fourth-order valence-corrected chi connectivity index (χ4v) is 6.32. The Bertz CT molecular complexity index is 1390. The van der Waals surface area contributed by atoms with Gasteiger partial charge < -0.3 is 0 Å². The van der Waals surface area contributed by atoms with Gasteiger partial charge >= 0.3 is 0 Å². The smallest absolute Gasteiger partial charge is 0.175 e. The highest BCUT2D eigenvalue weighted by atomic mass is 79.9. The molecule has 0 saturated heterocycles. The van der Waals surface area contributed by atoms with Crippen LogP contribution in [0.1, 0.15) is 28.7 Å². The number of hydrogen-bond acceptors (Lipinski definition) is 1. The quantitative estimate of drug-likeness (QED) is 0.249. The van der Waals surface area contributed by atoms with E-state index in [0.717, 1.165) is 43.2 Å². The zero-order chi connectivity index (χ0) is 22.6. The molecule has 1 fully saturated rings. The van der Waals surface area contributed by atoms with E-state index in [0.29, 0.717) is 0 Å². The Morgan fingerprint density at radius 3 is 1.67 bits per heavy atom. The fraction of sp³-hybridized carbons (Fsp3) is 0.100. The number of ketones is 1. The number of Topliss-reactive ketones (excluding diaryl/α,β-unsaturated/α-hetero) is 1. The second-order valence-electron chi connectivity index (χ2n) is 8.81. The highest BCUT2D eigenvalue weighted by Gasteiger charge is 2.79. The third kappa shape index (κ3) is 2.92. The summed E-state index contributed by atoms with van der Waals surface area (Å²) in [5.74, 6) is 0.223. The van der Waals surface area contributed by atoms with Crippen LogP contribution in [0.2, 0.25) is 0 Å². The van der Waals surface area contributed by atoms with Crippen LogP contribution in [0.15, 0.2) is 118 Å². The highest BCUT2D eigenvalue weighted by molar-refractivity contribution is 9.10. The Labute approximate surface area is 210 Å². The molecule has 4 aromatic rings. The molecule has 6 rings (SSSR count). The van der Waals surface area contributed by atoms with Crippen LogP contribution in [0.4, 0.5) is 0 Å². The molecular formula is C30H20Br2O. The summed E-state index contributed by atoms with van der Waals surface area (Å²) in [6.45, 7) is 0. The molecule has 2 atom stereocenters. The van der Waals surface area contributed by atoms with Gasteiger partial charge in [-0.2, -0.15) is 0 Å². The fourth-order valence-electron chi connectivity index (χ4n) is 5.79. The van der Waals surface area contributed by atoms with Gasteiger partial charge in [-0.3, -0.25) is 4.79 Å². The van der Waals surface area contributed by atoms with Crippen molar-refractivity contribution in [2.75, 3.05) is 0 Å². The Balaban J connectivity index is 1.70. The Kier molecular flexibility index (Phi) is 4.83. The maximum absolute atomic E-state index is 14.5. The van der Waals surface area contributed by atoms with E-state index in [9.17, 15) is 4.79 Å². The van der Waals surface area contributed by atoms with E-state index >= 15 is 0 Å². The molecule has 0 N–H and O–H groups in total. The number of benzene rings is 4. The first-order valence-electron chi connectivity index (χ1n) is 11.0. The number of halogens is 2. The second-order valence-corrected chi connectivity index (χ2v) is 10.6. The minimum atomic E-state index is -0.588. The van der Waals surface area contributed by atoms with Crippen LogP contribution in [0.25, 0.3) is 11.1 Å². The summed E-state index contributed by atoms with van der Waals surface area (Å²) in [6.07, 6.45) is 0.784. The summed E-state index contributed by atoms with van der Waals surface area (Å²) in [4.78, 5) is 14.5. The minimum absolute atomic E-state index is 0.223. The maximum Gasteiger partial charge on any atom is 0.175 e. The number of carbonyl (C=O) groups excluding carboxylic acids is 1. The van der Waals surface area contributed by atoms with E-state index in [1.165, 1.54) is 5.56 Å². The van der Waals surface area contributed by atoms with Crippen molar-refractivity contribution in [3.63, 3.8) is 0 Å². The van der Waals surface area contributed by atoms with Crippen LogP contribution < -0.4 is 0 Å². The molecule has 4 aromatic carbocycles. The Hall–Kier alpha value is -2.75. The van der Waals surface area contributed by atoms with Crippen LogP contribution in [0.3, 0.4) is 0 Å². The summed E-state index contributed by atoms with van der Waals surface area (Å²) >= 11 is 7.16. The first-order valence-corrected chi connectivity index (χ1v) is 12.6. The van der Waals surface area contributed by atoms with Gasteiger partial charge in [0.05, 0.1) is 5.41 Å². The lowest BCUT2D eigenvalue weighted by Gasteiger charge is -2.23. The molecule has 0 unspecified atom stereocenters. The molecule has 2 aliphatic carbocycles. The normalized spacial score (nSPS) is 23.5. The van der Waals surface area contributed by atoms with Crippen molar-refractivity contribution in [2.45, 2.75) is 17.3 Å². The van der Waals surface area contributed by atoms with Crippen molar-refractivity contribution >= 4 is 48.8 Å². The van der Waals surface area contributed by atoms with Gasteiger partial charge in [-0.25, -0.2) is 0 Å². The van der Waals surface area contributed by atoms with Gasteiger partial charge in [0.1, 0.15) is 0 Å². The zero-order valence-electron chi connectivity index (χ0n) is 17.8. The first-order chi connectivity index (χ1) is 16.1. The molecule has 1 nitrogen and oxygen atoms in total. The van der Waals surface area contributed by atoms with Crippen molar-refractivity contribution < 1.29 is 4.79 Å². The van der Waals surface area contributed by atoms with Gasteiger partial charge in [-0.1, -0.05) is 117 Å². The van der Waals surface area contributed by atoms with Crippen molar-refractivity contribution in [3.05, 3.63) is 140 Å². The van der Waals surface area contributed by atoms with Crippen molar-refractivity contribution in [2.24, 2.45) is 0 Å². The summed E-state index contributed by atoms with van der Waals surface area (Å²) in [6, 6.07) is 37.4. The van der Waals surface area contributed by atoms with Gasteiger partial charge in [0.2, 0.25) is 0 Å². The molecular weight excluding hydrogens is 536 g/mol. The Morgan fingerprint density at radius 2 is 1.06 bits per heavy atom. The zero-order valence-corrected chi connectivity index (χ0v) is 20.9. The second kappa shape index (κ2) is 7.65. The summed E-state index contributed by atoms with van der Waals surface area (Å²) in [5, 5.41) is 0. The summed E-state index contributed by atoms with van der Waals surface area (Å²) in [7, 11) is 0. The SMILES string of the molecule is O=C1C(c2ccccc2)=C(c2ccc(Br)cc2)[C@]2(c3ccc(Br)cc3)C[C@@]12c1ccccc1. The van der Waals surface area contributed by atoms with Crippen LogP contribution in [0.5, 0.6) is 0 Å². The predicted octanol–water partition coefficient (Wildman–Crippen LogP) is 7.98. The molecule has 0 bridgehead atoms. The summed E-state index contributed by atoms with van der Waals surface area (Å²) < 4.78 is 2.07. The topological polar surface area (TPSA) is 17.1 Å². The van der Waals surface area contributed by atoms with Gasteiger partial charge in [-0.15, -0.1) is 0 Å². The van der Waals surface area contributed by atoms with Crippen LogP contribution >= 0.6 is 31.9 Å². The Morgan fingerprint density at radius 1 is 0.545 bits per heavy atom. The molecule has 2 aliphatic rings. The molecule has 33 heavy (non-hydrogen) atoms. The number of rotatable bonds is 4. The van der Waals surface area contributed by atoms with Crippen LogP contribution in [0, 0.1) is 0 Å². The lowest BCUT2D eigenvalue weighted by atomic mass is 9.78. The van der Waals surface area contributed by atoms with E-state index < -0.39 is 10.8 Å². The van der Waals surface area contributed by atoms with Gasteiger partial charge in [0.25, 0.3) is 0 Å². The number of allylic oxidation sites excluding steroid dienone is 2. The molecule has 3 heteroatoms. The third-order valence-corrected chi connectivity index (χ3v) is 8.28. The first kappa shape index (κ1) is 20.8. The lowest BCUT2D eigenvalue weighted by molar-refractivity contribution is -0.115. The average Bonchev–Trinajstić information content (AvgIpc) is 3.51. The van der Waals surface area contributed by atoms with Crippen LogP contribution in [-0.4, -0.2) is 5.78 Å². The molecule has 0 amide bonds. The van der Waals surface area contributed by atoms with E-state index in [1.807, 2.05) is 36.4 Å². The van der Waals surface area contributed by atoms with E-state index in [-0.39, 0.29) is 5.78 Å². The average molecular weight is 556 g/mol. The molecule has 0 spiro atoms. The van der Waals surface area contributed by atoms with E-state index in [2.05, 4.69) is 105 Å². The maximum atomic E-state index is 14.5. The molecule has 0 heterocycles. The summed E-state index contributed by atoms with van der Waals surface area (Å²) in [5.41, 5.74) is 5.36. The molecule has 0 radical (unpaired) electrons. The van der Waals surface area contributed by atoms with Crippen molar-refractivity contribution in [1.82, 2.24) is 0 Å². The minimum Gasteiger partial charge on any atom is -0.293 e. The molecule has 160 valence electrons. The highest BCUT2D eigenvalue weighted by Crippen LogP contribution is 2.77. The number of hydrogen-bond donors (Lipinski definition) is 0. The predicted molar refractivity (Wildman–Crippen MR) is 141 cm³/mol. The van der Waals surface area contributed by atoms with Crippen LogP contribution in [-0.2, 0) is 15.6 Å². The largest absolute Gasteiger partial charge is 0.293 e.